The molecule has 72 valence electrons. The highest BCUT2D eigenvalue weighted by Crippen LogP contribution is 2.26. The summed E-state index contributed by atoms with van der Waals surface area (Å²) >= 11 is 0. The zero-order valence-corrected chi connectivity index (χ0v) is 8.42. The van der Waals surface area contributed by atoms with Crippen molar-refractivity contribution in [3.63, 3.8) is 0 Å². The number of benzene rings is 1. The second-order valence-electron chi connectivity index (χ2n) is 3.16. The zero-order chi connectivity index (χ0) is 9.84. The first-order valence-electron chi connectivity index (χ1n) is 4.50. The Morgan fingerprint density at radius 3 is 2.62 bits per heavy atom. The number of aromatic hydroxyl groups is 1. The normalized spacial score (nSPS) is 10.4. The number of methoxy groups -OCH3 is 1. The van der Waals surface area contributed by atoms with Crippen LogP contribution < -0.4 is 0 Å². The van der Waals surface area contributed by atoms with Crippen molar-refractivity contribution in [2.24, 2.45) is 0 Å². The van der Waals surface area contributed by atoms with Crippen LogP contribution in [0.1, 0.15) is 23.6 Å². The Kier molecular flexibility index (Phi) is 3.32. The topological polar surface area (TPSA) is 29.5 Å². The summed E-state index contributed by atoms with van der Waals surface area (Å²) in [6, 6.07) is 3.98. The molecule has 0 spiro atoms. The first-order chi connectivity index (χ1) is 6.20. The predicted molar refractivity (Wildman–Crippen MR) is 52.9 cm³/mol. The fourth-order valence-corrected chi connectivity index (χ4v) is 1.43. The third-order valence-corrected chi connectivity index (χ3v) is 2.25. The van der Waals surface area contributed by atoms with Crippen molar-refractivity contribution < 1.29 is 9.84 Å². The van der Waals surface area contributed by atoms with Gasteiger partial charge in [0.15, 0.2) is 0 Å². The van der Waals surface area contributed by atoms with Crippen LogP contribution in [0.2, 0.25) is 0 Å². The summed E-state index contributed by atoms with van der Waals surface area (Å²) < 4.78 is 5.05. The van der Waals surface area contributed by atoms with E-state index in [0.717, 1.165) is 23.1 Å². The highest BCUT2D eigenvalue weighted by atomic mass is 16.5. The van der Waals surface area contributed by atoms with Crippen LogP contribution in [-0.2, 0) is 17.8 Å². The Bertz CT molecular complexity index is 292. The van der Waals surface area contributed by atoms with E-state index < -0.39 is 0 Å². The van der Waals surface area contributed by atoms with Gasteiger partial charge in [-0.15, -0.1) is 0 Å². The molecular formula is C11H16O2. The van der Waals surface area contributed by atoms with E-state index in [4.69, 9.17) is 4.74 Å². The first kappa shape index (κ1) is 10.1. The molecule has 0 amide bonds. The Labute approximate surface area is 79.2 Å². The van der Waals surface area contributed by atoms with Crippen molar-refractivity contribution in [2.45, 2.75) is 26.9 Å². The maximum atomic E-state index is 9.76. The van der Waals surface area contributed by atoms with Crippen LogP contribution >= 0.6 is 0 Å². The van der Waals surface area contributed by atoms with Gasteiger partial charge >= 0.3 is 0 Å². The van der Waals surface area contributed by atoms with E-state index in [1.54, 1.807) is 7.11 Å². The third kappa shape index (κ3) is 2.01. The molecule has 0 heterocycles. The van der Waals surface area contributed by atoms with Gasteiger partial charge in [-0.25, -0.2) is 0 Å². The fraction of sp³-hybridized carbons (Fsp3) is 0.455. The van der Waals surface area contributed by atoms with Gasteiger partial charge < -0.3 is 9.84 Å². The molecule has 0 aromatic heterocycles. The van der Waals surface area contributed by atoms with Crippen LogP contribution in [0, 0.1) is 6.92 Å². The molecule has 0 unspecified atom stereocenters. The van der Waals surface area contributed by atoms with E-state index in [1.807, 2.05) is 19.1 Å². The van der Waals surface area contributed by atoms with Crippen LogP contribution in [-0.4, -0.2) is 12.2 Å². The standard InChI is InChI=1S/C11H16O2/c1-4-9-6-5-8(2)11(12)10(9)7-13-3/h5-6,12H,4,7H2,1-3H3. The lowest BCUT2D eigenvalue weighted by molar-refractivity contribution is 0.181. The monoisotopic (exact) mass is 180 g/mol. The van der Waals surface area contributed by atoms with E-state index in [-0.39, 0.29) is 0 Å². The van der Waals surface area contributed by atoms with Crippen molar-refractivity contribution in [3.8, 4) is 5.75 Å². The highest BCUT2D eigenvalue weighted by molar-refractivity contribution is 5.44. The number of phenols is 1. The minimum Gasteiger partial charge on any atom is -0.507 e. The molecule has 0 aliphatic carbocycles. The van der Waals surface area contributed by atoms with Gasteiger partial charge in [0.25, 0.3) is 0 Å². The lowest BCUT2D eigenvalue weighted by Gasteiger charge is -2.11. The molecule has 0 aliphatic heterocycles. The summed E-state index contributed by atoms with van der Waals surface area (Å²) in [5.41, 5.74) is 2.99. The second kappa shape index (κ2) is 4.28. The molecule has 0 atom stereocenters. The van der Waals surface area contributed by atoms with Gasteiger partial charge in [-0.2, -0.15) is 0 Å². The minimum absolute atomic E-state index is 0.376. The number of hydrogen-bond donors (Lipinski definition) is 1. The number of rotatable bonds is 3. The molecule has 13 heavy (non-hydrogen) atoms. The molecule has 0 saturated heterocycles. The molecule has 1 rings (SSSR count). The molecule has 0 saturated carbocycles. The van der Waals surface area contributed by atoms with Crippen molar-refractivity contribution in [1.82, 2.24) is 0 Å². The number of hydrogen-bond acceptors (Lipinski definition) is 2. The first-order valence-corrected chi connectivity index (χ1v) is 4.50. The van der Waals surface area contributed by atoms with E-state index >= 15 is 0 Å². The van der Waals surface area contributed by atoms with Gasteiger partial charge in [-0.05, 0) is 24.5 Å². The van der Waals surface area contributed by atoms with Gasteiger partial charge in [-0.1, -0.05) is 19.1 Å². The van der Waals surface area contributed by atoms with Crippen LogP contribution in [0.5, 0.6) is 5.75 Å². The van der Waals surface area contributed by atoms with Crippen molar-refractivity contribution >= 4 is 0 Å². The summed E-state index contributed by atoms with van der Waals surface area (Å²) in [5.74, 6) is 0.376. The van der Waals surface area contributed by atoms with E-state index in [1.165, 1.54) is 0 Å². The Morgan fingerprint density at radius 2 is 2.08 bits per heavy atom. The van der Waals surface area contributed by atoms with Crippen LogP contribution in [0.4, 0.5) is 0 Å². The van der Waals surface area contributed by atoms with Gasteiger partial charge in [-0.3, -0.25) is 0 Å². The number of ether oxygens (including phenoxy) is 1. The Balaban J connectivity index is 3.15. The average molecular weight is 180 g/mol. The average Bonchev–Trinajstić information content (AvgIpc) is 2.14. The number of phenolic OH excluding ortho intramolecular Hbond substituents is 1. The number of aryl methyl sites for hydroxylation is 2. The molecule has 0 bridgehead atoms. The molecule has 0 radical (unpaired) electrons. The van der Waals surface area contributed by atoms with Crippen molar-refractivity contribution in [2.75, 3.05) is 7.11 Å². The lowest BCUT2D eigenvalue weighted by Crippen LogP contribution is -1.96. The van der Waals surface area contributed by atoms with Gasteiger partial charge in [0, 0.05) is 12.7 Å². The summed E-state index contributed by atoms with van der Waals surface area (Å²) in [5, 5.41) is 9.76. The molecule has 2 heteroatoms. The van der Waals surface area contributed by atoms with E-state index in [0.29, 0.717) is 12.4 Å². The molecule has 0 fully saturated rings. The van der Waals surface area contributed by atoms with Crippen molar-refractivity contribution in [1.29, 1.82) is 0 Å². The summed E-state index contributed by atoms with van der Waals surface area (Å²) in [4.78, 5) is 0. The van der Waals surface area contributed by atoms with Gasteiger partial charge in [0.05, 0.1) is 6.61 Å². The zero-order valence-electron chi connectivity index (χ0n) is 8.42. The minimum atomic E-state index is 0.376. The molecule has 2 nitrogen and oxygen atoms in total. The second-order valence-corrected chi connectivity index (χ2v) is 3.16. The summed E-state index contributed by atoms with van der Waals surface area (Å²) in [6.45, 7) is 4.45. The Hall–Kier alpha value is -1.02. The molecular weight excluding hydrogens is 164 g/mol. The summed E-state index contributed by atoms with van der Waals surface area (Å²) in [7, 11) is 1.64. The quantitative estimate of drug-likeness (QED) is 0.774. The van der Waals surface area contributed by atoms with Crippen LogP contribution in [0.3, 0.4) is 0 Å². The largest absolute Gasteiger partial charge is 0.507 e. The third-order valence-electron chi connectivity index (χ3n) is 2.25. The lowest BCUT2D eigenvalue weighted by atomic mass is 10.0. The molecule has 0 aliphatic rings. The van der Waals surface area contributed by atoms with Crippen molar-refractivity contribution in [3.05, 3.63) is 28.8 Å². The van der Waals surface area contributed by atoms with Crippen LogP contribution in [0.25, 0.3) is 0 Å². The highest BCUT2D eigenvalue weighted by Gasteiger charge is 2.08. The van der Waals surface area contributed by atoms with Gasteiger partial charge in [0.1, 0.15) is 5.75 Å². The molecule has 1 aromatic carbocycles. The summed E-state index contributed by atoms with van der Waals surface area (Å²) in [6.07, 6.45) is 0.923. The SMILES string of the molecule is CCc1ccc(C)c(O)c1COC. The smallest absolute Gasteiger partial charge is 0.124 e. The van der Waals surface area contributed by atoms with Crippen LogP contribution in [0.15, 0.2) is 12.1 Å². The predicted octanol–water partition coefficient (Wildman–Crippen LogP) is 2.41. The van der Waals surface area contributed by atoms with E-state index in [9.17, 15) is 5.11 Å². The molecule has 1 aromatic rings. The Morgan fingerprint density at radius 1 is 1.38 bits per heavy atom. The molecule has 1 N–H and O–H groups in total. The van der Waals surface area contributed by atoms with E-state index in [2.05, 4.69) is 6.92 Å². The van der Waals surface area contributed by atoms with Gasteiger partial charge in [0.2, 0.25) is 0 Å². The fourth-order valence-electron chi connectivity index (χ4n) is 1.43. The maximum Gasteiger partial charge on any atom is 0.124 e. The maximum absolute atomic E-state index is 9.76.